The van der Waals surface area contributed by atoms with E-state index in [2.05, 4.69) is 32.2 Å². The molecular weight excluding hydrogens is 308 g/mol. The zero-order valence-corrected chi connectivity index (χ0v) is 14.5. The first-order valence-electron chi connectivity index (χ1n) is 8.63. The first-order valence-corrected chi connectivity index (χ1v) is 8.63. The minimum atomic E-state index is -0.342. The number of ether oxygens (including phenoxy) is 1. The Morgan fingerprint density at radius 3 is 2.92 bits per heavy atom. The summed E-state index contributed by atoms with van der Waals surface area (Å²) in [6.07, 6.45) is 7.08. The zero-order chi connectivity index (χ0) is 17.0. The molecule has 8 heteroatoms. The summed E-state index contributed by atoms with van der Waals surface area (Å²) in [5.41, 5.74) is 1.28. The van der Waals surface area contributed by atoms with Gasteiger partial charge >= 0.3 is 5.97 Å². The molecule has 0 bridgehead atoms. The van der Waals surface area contributed by atoms with Gasteiger partial charge in [0.2, 0.25) is 0 Å². The Balaban J connectivity index is 1.60. The largest absolute Gasteiger partial charge is 0.468 e. The molecule has 0 unspecified atom stereocenters. The Bertz CT molecular complexity index is 607. The van der Waals surface area contributed by atoms with Gasteiger partial charge in [0.1, 0.15) is 12.2 Å². The van der Waals surface area contributed by atoms with Crippen molar-refractivity contribution in [3.05, 3.63) is 11.9 Å². The molecule has 2 aliphatic rings. The molecule has 24 heavy (non-hydrogen) atoms. The average Bonchev–Trinajstić information content (AvgIpc) is 3.18. The summed E-state index contributed by atoms with van der Waals surface area (Å²) in [6, 6.07) is 0. The van der Waals surface area contributed by atoms with Crippen LogP contribution in [0.15, 0.2) is 11.2 Å². The molecule has 0 amide bonds. The lowest BCUT2D eigenvalue weighted by atomic mass is 9.68. The predicted octanol–water partition coefficient (Wildman–Crippen LogP) is 0.793. The number of carbonyl (C=O) groups is 1. The fourth-order valence-electron chi connectivity index (χ4n) is 3.47. The molecule has 2 fully saturated rings. The minimum absolute atomic E-state index is 0.0714. The van der Waals surface area contributed by atoms with Crippen molar-refractivity contribution in [2.75, 3.05) is 26.7 Å². The highest BCUT2D eigenvalue weighted by Gasteiger charge is 2.43. The van der Waals surface area contributed by atoms with Crippen LogP contribution in [0.5, 0.6) is 0 Å². The minimum Gasteiger partial charge on any atom is -0.468 e. The molecule has 2 heterocycles. The molecule has 1 saturated carbocycles. The third-order valence-corrected chi connectivity index (χ3v) is 4.98. The van der Waals surface area contributed by atoms with E-state index in [1.54, 1.807) is 6.20 Å². The van der Waals surface area contributed by atoms with E-state index in [9.17, 15) is 4.79 Å². The van der Waals surface area contributed by atoms with E-state index in [0.29, 0.717) is 12.0 Å². The molecule has 132 valence electrons. The van der Waals surface area contributed by atoms with Gasteiger partial charge in [-0.15, -0.1) is 5.10 Å². The van der Waals surface area contributed by atoms with Crippen LogP contribution >= 0.6 is 0 Å². The number of hydrogen-bond donors (Lipinski definition) is 1. The summed E-state index contributed by atoms with van der Waals surface area (Å²) in [5.74, 6) is 0.606. The summed E-state index contributed by atoms with van der Waals surface area (Å²) >= 11 is 0. The highest BCUT2D eigenvalue weighted by atomic mass is 16.5. The first kappa shape index (κ1) is 16.7. The van der Waals surface area contributed by atoms with Gasteiger partial charge in [-0.25, -0.2) is 9.67 Å². The van der Waals surface area contributed by atoms with Crippen LogP contribution in [-0.4, -0.2) is 58.6 Å². The number of nitrogens with one attached hydrogen (secondary N) is 1. The van der Waals surface area contributed by atoms with Crippen LogP contribution < -0.4 is 5.32 Å². The lowest BCUT2D eigenvalue weighted by Gasteiger charge is -2.38. The van der Waals surface area contributed by atoms with Crippen LogP contribution in [0.4, 0.5) is 0 Å². The van der Waals surface area contributed by atoms with Gasteiger partial charge in [0.15, 0.2) is 5.96 Å². The van der Waals surface area contributed by atoms with E-state index < -0.39 is 0 Å². The average molecular weight is 334 g/mol. The van der Waals surface area contributed by atoms with Crippen molar-refractivity contribution in [3.8, 4) is 0 Å². The number of likely N-dealkylation sites (tertiary alicyclic amines) is 1. The Kier molecular flexibility index (Phi) is 5.01. The number of carbonyl (C=O) groups excluding carboxylic acids is 1. The van der Waals surface area contributed by atoms with Crippen LogP contribution in [0.25, 0.3) is 0 Å². The molecule has 8 nitrogen and oxygen atoms in total. The molecule has 1 aromatic heterocycles. The Morgan fingerprint density at radius 2 is 2.29 bits per heavy atom. The standard InChI is InChI=1S/C16H26N6O2/c1-3-17-15(21-8-7-16(12-21)5-4-6-16)18-9-13-10-22(20-19-13)11-14(23)24-2/h10H,3-9,11-12H2,1-2H3,(H,17,18). The predicted molar refractivity (Wildman–Crippen MR) is 89.3 cm³/mol. The monoisotopic (exact) mass is 334 g/mol. The van der Waals surface area contributed by atoms with Gasteiger partial charge in [0, 0.05) is 19.6 Å². The Morgan fingerprint density at radius 1 is 1.46 bits per heavy atom. The van der Waals surface area contributed by atoms with E-state index >= 15 is 0 Å². The first-order chi connectivity index (χ1) is 11.6. The SMILES string of the molecule is CCNC(=NCc1cn(CC(=O)OC)nn1)N1CCC2(CCC2)C1. The fourth-order valence-corrected chi connectivity index (χ4v) is 3.47. The number of methoxy groups -OCH3 is 1. The van der Waals surface area contributed by atoms with E-state index in [1.165, 1.54) is 37.5 Å². The highest BCUT2D eigenvalue weighted by Crippen LogP contribution is 2.47. The molecule has 0 atom stereocenters. The van der Waals surface area contributed by atoms with E-state index in [0.717, 1.165) is 31.3 Å². The lowest BCUT2D eigenvalue weighted by molar-refractivity contribution is -0.141. The second kappa shape index (κ2) is 7.19. The third-order valence-electron chi connectivity index (χ3n) is 4.98. The Hall–Kier alpha value is -2.12. The molecule has 0 aromatic carbocycles. The molecule has 1 N–H and O–H groups in total. The number of aromatic nitrogens is 3. The molecule has 1 saturated heterocycles. The van der Waals surface area contributed by atoms with Gasteiger partial charge in [0.05, 0.1) is 19.9 Å². The maximum Gasteiger partial charge on any atom is 0.327 e. The smallest absolute Gasteiger partial charge is 0.327 e. The topological polar surface area (TPSA) is 84.6 Å². The van der Waals surface area contributed by atoms with Crippen LogP contribution in [-0.2, 0) is 22.6 Å². The van der Waals surface area contributed by atoms with Crippen LogP contribution in [0.2, 0.25) is 0 Å². The van der Waals surface area contributed by atoms with Crippen molar-refractivity contribution in [1.29, 1.82) is 0 Å². The molecule has 1 spiro atoms. The van der Waals surface area contributed by atoms with E-state index in [-0.39, 0.29) is 12.5 Å². The normalized spacial score (nSPS) is 19.4. The van der Waals surface area contributed by atoms with E-state index in [1.807, 2.05) is 0 Å². The second-order valence-electron chi connectivity index (χ2n) is 6.68. The van der Waals surface area contributed by atoms with Crippen molar-refractivity contribution in [2.45, 2.75) is 45.7 Å². The van der Waals surface area contributed by atoms with Crippen LogP contribution in [0.3, 0.4) is 0 Å². The zero-order valence-electron chi connectivity index (χ0n) is 14.5. The fraction of sp³-hybridized carbons (Fsp3) is 0.750. The second-order valence-corrected chi connectivity index (χ2v) is 6.68. The molecule has 0 radical (unpaired) electrons. The summed E-state index contributed by atoms with van der Waals surface area (Å²) < 4.78 is 6.10. The maximum absolute atomic E-state index is 11.3. The van der Waals surface area contributed by atoms with Crippen molar-refractivity contribution >= 4 is 11.9 Å². The molecule has 1 aliphatic heterocycles. The summed E-state index contributed by atoms with van der Waals surface area (Å²) in [4.78, 5) is 18.3. The Labute approximate surface area is 142 Å². The van der Waals surface area contributed by atoms with Gasteiger partial charge in [-0.1, -0.05) is 11.6 Å². The summed E-state index contributed by atoms with van der Waals surface area (Å²) in [5, 5.41) is 11.4. The van der Waals surface area contributed by atoms with Crippen molar-refractivity contribution in [3.63, 3.8) is 0 Å². The summed E-state index contributed by atoms with van der Waals surface area (Å²) in [7, 11) is 1.36. The van der Waals surface area contributed by atoms with Crippen molar-refractivity contribution in [2.24, 2.45) is 10.4 Å². The number of guanidine groups is 1. The quantitative estimate of drug-likeness (QED) is 0.487. The molecule has 1 aromatic rings. The van der Waals surface area contributed by atoms with Gasteiger partial charge in [-0.3, -0.25) is 4.79 Å². The third kappa shape index (κ3) is 3.68. The number of rotatable bonds is 5. The van der Waals surface area contributed by atoms with Gasteiger partial charge in [-0.2, -0.15) is 0 Å². The number of aliphatic imine (C=N–C) groups is 1. The van der Waals surface area contributed by atoms with Gasteiger partial charge in [-0.05, 0) is 31.6 Å². The van der Waals surface area contributed by atoms with Crippen molar-refractivity contribution < 1.29 is 9.53 Å². The van der Waals surface area contributed by atoms with Gasteiger partial charge < -0.3 is 15.0 Å². The highest BCUT2D eigenvalue weighted by molar-refractivity contribution is 5.80. The maximum atomic E-state index is 11.3. The molecule has 1 aliphatic carbocycles. The number of nitrogens with zero attached hydrogens (tertiary/aromatic N) is 5. The van der Waals surface area contributed by atoms with Crippen LogP contribution in [0.1, 0.15) is 38.3 Å². The number of esters is 1. The molecule has 3 rings (SSSR count). The van der Waals surface area contributed by atoms with Crippen LogP contribution in [0, 0.1) is 5.41 Å². The van der Waals surface area contributed by atoms with Gasteiger partial charge in [0.25, 0.3) is 0 Å². The number of hydrogen-bond acceptors (Lipinski definition) is 5. The van der Waals surface area contributed by atoms with Crippen molar-refractivity contribution in [1.82, 2.24) is 25.2 Å². The summed E-state index contributed by atoms with van der Waals surface area (Å²) in [6.45, 7) is 5.62. The molecular formula is C16H26N6O2. The lowest BCUT2D eigenvalue weighted by Crippen LogP contribution is -2.42. The van der Waals surface area contributed by atoms with E-state index in [4.69, 9.17) is 4.99 Å².